The SMILES string of the molecule is CC/C=C\C/C=C\C/C=C\C/C=C\C/C=C\C/C=C\C/C=C\C/C=C\C/C=C\C/C=C\CCCCCCCCC(=O)OC(COC(=O)CCCCCCCCCCCCCCCCC/C=C\CCCCCCCCCC)COP(=O)(O)OCC[N+](C)(C)C. The Bertz CT molecular complexity index is 1950. The number of ether oxygens (including phenoxy) is 2. The van der Waals surface area contributed by atoms with Crippen molar-refractivity contribution in [3.63, 3.8) is 0 Å². The predicted molar refractivity (Wildman–Crippen MR) is 381 cm³/mol. The second kappa shape index (κ2) is 67.5. The van der Waals surface area contributed by atoms with Gasteiger partial charge in [0.05, 0.1) is 27.7 Å². The maximum absolute atomic E-state index is 12.9. The molecule has 0 aliphatic carbocycles. The smallest absolute Gasteiger partial charge is 0.462 e. The number of carbonyl (C=O) groups is 2. The van der Waals surface area contributed by atoms with E-state index in [0.29, 0.717) is 17.4 Å². The average molecular weight is 1250 g/mol. The lowest BCUT2D eigenvalue weighted by atomic mass is 10.0. The highest BCUT2D eigenvalue weighted by Crippen LogP contribution is 2.43. The first-order chi connectivity index (χ1) is 43.0. The molecule has 0 heterocycles. The lowest BCUT2D eigenvalue weighted by Crippen LogP contribution is -2.37. The minimum absolute atomic E-state index is 0.0230. The summed E-state index contributed by atoms with van der Waals surface area (Å²) in [7, 11) is 1.46. The van der Waals surface area contributed by atoms with Gasteiger partial charge in [0.25, 0.3) is 0 Å². The van der Waals surface area contributed by atoms with Crippen LogP contribution >= 0.6 is 7.82 Å². The lowest BCUT2D eigenvalue weighted by molar-refractivity contribution is -0.870. The van der Waals surface area contributed by atoms with Crippen LogP contribution in [0.25, 0.3) is 0 Å². The van der Waals surface area contributed by atoms with Gasteiger partial charge < -0.3 is 18.9 Å². The Balaban J connectivity index is 4.13. The van der Waals surface area contributed by atoms with Crippen molar-refractivity contribution in [3.8, 4) is 0 Å². The number of hydrogen-bond donors (Lipinski definition) is 1. The van der Waals surface area contributed by atoms with Crippen LogP contribution in [0.3, 0.4) is 0 Å². The van der Waals surface area contributed by atoms with E-state index in [1.807, 2.05) is 21.1 Å². The Morgan fingerprint density at radius 1 is 0.364 bits per heavy atom. The first-order valence-electron chi connectivity index (χ1n) is 35.9. The number of quaternary nitrogens is 1. The second-order valence-electron chi connectivity index (χ2n) is 24.9. The zero-order valence-corrected chi connectivity index (χ0v) is 58.3. The van der Waals surface area contributed by atoms with E-state index in [1.54, 1.807) is 0 Å². The van der Waals surface area contributed by atoms with Gasteiger partial charge in [0.1, 0.15) is 19.8 Å². The summed E-state index contributed by atoms with van der Waals surface area (Å²) in [5.74, 6) is -0.813. The predicted octanol–water partition coefficient (Wildman–Crippen LogP) is 23.6. The monoisotopic (exact) mass is 1240 g/mol. The molecule has 2 unspecified atom stereocenters. The number of likely N-dealkylation sites (N-methyl/N-ethyl adjacent to an activating group) is 1. The summed E-state index contributed by atoms with van der Waals surface area (Å²) in [6.07, 6.45) is 98.4. The third-order valence-electron chi connectivity index (χ3n) is 15.2. The summed E-state index contributed by atoms with van der Waals surface area (Å²) >= 11 is 0. The van der Waals surface area contributed by atoms with Crippen LogP contribution in [0, 0.1) is 0 Å². The van der Waals surface area contributed by atoms with E-state index < -0.39 is 26.5 Å². The van der Waals surface area contributed by atoms with E-state index >= 15 is 0 Å². The Labute approximate surface area is 542 Å². The van der Waals surface area contributed by atoms with E-state index in [0.717, 1.165) is 122 Å². The molecule has 2 atom stereocenters. The molecule has 0 fully saturated rings. The van der Waals surface area contributed by atoms with Gasteiger partial charge in [0.2, 0.25) is 0 Å². The maximum Gasteiger partial charge on any atom is 0.472 e. The first kappa shape index (κ1) is 84.2. The van der Waals surface area contributed by atoms with Crippen molar-refractivity contribution in [1.82, 2.24) is 0 Å². The molecule has 0 aliphatic rings. The zero-order valence-electron chi connectivity index (χ0n) is 57.4. The number of allylic oxidation sites excluding steroid dienone is 22. The molecular formula is C78H135NO8P+. The fourth-order valence-electron chi connectivity index (χ4n) is 9.69. The third-order valence-corrected chi connectivity index (χ3v) is 16.1. The van der Waals surface area contributed by atoms with Gasteiger partial charge in [0.15, 0.2) is 6.10 Å². The molecule has 0 aliphatic heterocycles. The van der Waals surface area contributed by atoms with Gasteiger partial charge in [-0.05, 0) is 116 Å². The Kier molecular flexibility index (Phi) is 64.6. The van der Waals surface area contributed by atoms with Crippen LogP contribution in [0.1, 0.15) is 296 Å². The van der Waals surface area contributed by atoms with E-state index in [4.69, 9.17) is 18.5 Å². The van der Waals surface area contributed by atoms with Crippen molar-refractivity contribution in [2.24, 2.45) is 0 Å². The molecule has 88 heavy (non-hydrogen) atoms. The molecule has 0 aromatic rings. The summed E-state index contributed by atoms with van der Waals surface area (Å²) in [5, 5.41) is 0. The van der Waals surface area contributed by atoms with E-state index in [9.17, 15) is 19.0 Å². The highest BCUT2D eigenvalue weighted by molar-refractivity contribution is 7.47. The minimum Gasteiger partial charge on any atom is -0.462 e. The van der Waals surface area contributed by atoms with Crippen LogP contribution < -0.4 is 0 Å². The van der Waals surface area contributed by atoms with Gasteiger partial charge in [-0.2, -0.15) is 0 Å². The Morgan fingerprint density at radius 3 is 0.977 bits per heavy atom. The third kappa shape index (κ3) is 71.2. The van der Waals surface area contributed by atoms with Crippen molar-refractivity contribution in [1.29, 1.82) is 0 Å². The highest BCUT2D eigenvalue weighted by Gasteiger charge is 2.27. The Morgan fingerprint density at radius 2 is 0.648 bits per heavy atom. The van der Waals surface area contributed by atoms with Gasteiger partial charge in [-0.25, -0.2) is 4.57 Å². The van der Waals surface area contributed by atoms with Gasteiger partial charge in [-0.1, -0.05) is 302 Å². The summed E-state index contributed by atoms with van der Waals surface area (Å²) in [4.78, 5) is 35.9. The number of unbranched alkanes of at least 4 members (excludes halogenated alkanes) is 29. The average Bonchev–Trinajstić information content (AvgIpc) is 3.68. The van der Waals surface area contributed by atoms with Crippen LogP contribution in [0.2, 0.25) is 0 Å². The molecule has 0 aromatic heterocycles. The normalized spacial score (nSPS) is 13.9. The fraction of sp³-hybridized carbons (Fsp3) is 0.692. The van der Waals surface area contributed by atoms with Crippen LogP contribution in [0.15, 0.2) is 134 Å². The van der Waals surface area contributed by atoms with Crippen molar-refractivity contribution >= 4 is 19.8 Å². The number of rotatable bonds is 65. The summed E-state index contributed by atoms with van der Waals surface area (Å²) in [6.45, 7) is 4.32. The van der Waals surface area contributed by atoms with Crippen molar-refractivity contribution in [2.75, 3.05) is 47.5 Å². The fourth-order valence-corrected chi connectivity index (χ4v) is 10.4. The molecule has 0 saturated carbocycles. The first-order valence-corrected chi connectivity index (χ1v) is 37.4. The quantitative estimate of drug-likeness (QED) is 0.0211. The molecule has 504 valence electrons. The highest BCUT2D eigenvalue weighted by atomic mass is 31.2. The molecule has 0 bridgehead atoms. The lowest BCUT2D eigenvalue weighted by Gasteiger charge is -2.24. The van der Waals surface area contributed by atoms with E-state index in [1.165, 1.54) is 141 Å². The number of phosphoric ester groups is 1. The van der Waals surface area contributed by atoms with Crippen molar-refractivity contribution in [3.05, 3.63) is 134 Å². The summed E-state index contributed by atoms with van der Waals surface area (Å²) in [6, 6.07) is 0. The molecule has 0 saturated heterocycles. The van der Waals surface area contributed by atoms with Crippen LogP contribution in [-0.4, -0.2) is 74.9 Å². The van der Waals surface area contributed by atoms with Gasteiger partial charge >= 0.3 is 19.8 Å². The van der Waals surface area contributed by atoms with Crippen molar-refractivity contribution < 1.29 is 42.1 Å². The molecule has 1 N–H and O–H groups in total. The van der Waals surface area contributed by atoms with Crippen LogP contribution in [-0.2, 0) is 32.7 Å². The van der Waals surface area contributed by atoms with Gasteiger partial charge in [0, 0.05) is 12.8 Å². The number of carbonyl (C=O) groups excluding carboxylic acids is 2. The minimum atomic E-state index is -4.41. The molecule has 0 radical (unpaired) electrons. The number of esters is 2. The molecule has 10 heteroatoms. The second-order valence-corrected chi connectivity index (χ2v) is 26.3. The molecule has 9 nitrogen and oxygen atoms in total. The van der Waals surface area contributed by atoms with Crippen LogP contribution in [0.5, 0.6) is 0 Å². The maximum atomic E-state index is 12.9. The zero-order chi connectivity index (χ0) is 64.1. The standard InChI is InChI=1S/C78H134NO8P/c1-6-8-10-12-14-16-18-20-22-24-26-28-30-32-34-35-36-37-38-39-40-41-42-43-45-47-49-51-53-55-57-59-61-63-65-67-69-71-78(81)87-76(75-86-88(82,83)85-73-72-79(3,4)5)74-84-77(80)70-68-66-64-62-60-58-56-54-52-50-48-46-44-33-31-29-27-25-23-21-19-17-15-13-11-9-7-2/h8,10,14,16,20,22,25-28,32,34,36-37,39-40,42-43,47,49,53,55,76H,6-7,9,11-13,15,17-19,21,23-24,29-31,33,35,38,41,44-46,48,50-52,54,56-75H2,1-5H3/p+1/b10-8-,16-14-,22-20-,27-25-,28-26-,34-32-,37-36-,40-39-,43-42-,49-47-,55-53-. The summed E-state index contributed by atoms with van der Waals surface area (Å²) < 4.78 is 34.7. The topological polar surface area (TPSA) is 108 Å². The van der Waals surface area contributed by atoms with E-state index in [-0.39, 0.29) is 32.0 Å². The molecule has 0 rings (SSSR count). The Hall–Kier alpha value is -3.85. The number of hydrogen-bond acceptors (Lipinski definition) is 7. The van der Waals surface area contributed by atoms with E-state index in [2.05, 4.69) is 148 Å². The largest absolute Gasteiger partial charge is 0.472 e. The molecule has 0 amide bonds. The van der Waals surface area contributed by atoms with Crippen LogP contribution in [0.4, 0.5) is 0 Å². The molecular weight excluding hydrogens is 1110 g/mol. The summed E-state index contributed by atoms with van der Waals surface area (Å²) in [5.41, 5.74) is 0. The van der Waals surface area contributed by atoms with Gasteiger partial charge in [-0.15, -0.1) is 0 Å². The number of phosphoric acid groups is 1. The number of nitrogens with zero attached hydrogens (tertiary/aromatic N) is 1. The van der Waals surface area contributed by atoms with Crippen molar-refractivity contribution in [2.45, 2.75) is 302 Å². The molecule has 0 aromatic carbocycles. The van der Waals surface area contributed by atoms with Gasteiger partial charge in [-0.3, -0.25) is 18.6 Å². The molecule has 0 spiro atoms.